The van der Waals surface area contributed by atoms with Gasteiger partial charge in [-0.05, 0) is 31.4 Å². The molecule has 1 N–H and O–H groups in total. The van der Waals surface area contributed by atoms with E-state index in [1.54, 1.807) is 11.8 Å². The Labute approximate surface area is 154 Å². The van der Waals surface area contributed by atoms with Crippen LogP contribution >= 0.6 is 11.8 Å². The van der Waals surface area contributed by atoms with Crippen molar-refractivity contribution in [2.24, 2.45) is 0 Å². The van der Waals surface area contributed by atoms with Crippen molar-refractivity contribution in [3.05, 3.63) is 24.3 Å². The largest absolute Gasteiger partial charge is 0.352 e. The Bertz CT molecular complexity index is 691. The molecule has 1 fully saturated rings. The van der Waals surface area contributed by atoms with Crippen LogP contribution in [0.2, 0.25) is 0 Å². The summed E-state index contributed by atoms with van der Waals surface area (Å²) >= 11 is 1.77. The molecule has 0 atom stereocenters. The lowest BCUT2D eigenvalue weighted by molar-refractivity contribution is -0.122. The quantitative estimate of drug-likeness (QED) is 0.546. The maximum absolute atomic E-state index is 12.6. The Morgan fingerprint density at radius 1 is 1.24 bits per heavy atom. The van der Waals surface area contributed by atoms with Gasteiger partial charge in [0.05, 0.1) is 11.0 Å². The third-order valence-electron chi connectivity index (χ3n) is 4.87. The van der Waals surface area contributed by atoms with Crippen LogP contribution in [0.4, 0.5) is 0 Å². The van der Waals surface area contributed by atoms with Crippen LogP contribution in [0.25, 0.3) is 11.0 Å². The Balaban J connectivity index is 1.70. The molecule has 1 heterocycles. The van der Waals surface area contributed by atoms with Crippen LogP contribution in [0.15, 0.2) is 29.4 Å². The third-order valence-corrected chi connectivity index (χ3v) is 5.93. The number of nitrogens with zero attached hydrogens (tertiary/aromatic N) is 2. The molecule has 0 bridgehead atoms. The van der Waals surface area contributed by atoms with Crippen molar-refractivity contribution in [1.29, 1.82) is 0 Å². The molecule has 1 aromatic carbocycles. The van der Waals surface area contributed by atoms with Crippen molar-refractivity contribution >= 4 is 28.7 Å². The lowest BCUT2D eigenvalue weighted by atomic mass is 9.95. The molecule has 25 heavy (non-hydrogen) atoms. The van der Waals surface area contributed by atoms with Crippen LogP contribution in [0.3, 0.4) is 0 Å². The molecule has 3 rings (SSSR count). The van der Waals surface area contributed by atoms with Crippen molar-refractivity contribution in [1.82, 2.24) is 14.9 Å². The van der Waals surface area contributed by atoms with Gasteiger partial charge in [0.2, 0.25) is 5.91 Å². The highest BCUT2D eigenvalue weighted by Crippen LogP contribution is 2.25. The Hall–Kier alpha value is -1.49. The van der Waals surface area contributed by atoms with Gasteiger partial charge in [-0.15, -0.1) is 0 Å². The van der Waals surface area contributed by atoms with Gasteiger partial charge >= 0.3 is 0 Å². The van der Waals surface area contributed by atoms with E-state index >= 15 is 0 Å². The van der Waals surface area contributed by atoms with E-state index in [0.29, 0.717) is 12.6 Å². The summed E-state index contributed by atoms with van der Waals surface area (Å²) in [5.41, 5.74) is 2.03. The summed E-state index contributed by atoms with van der Waals surface area (Å²) in [5.74, 6) is 1.17. The average Bonchev–Trinajstić information content (AvgIpc) is 2.97. The Kier molecular flexibility index (Phi) is 6.79. The SMILES string of the molecule is CCCCCSc1nc2ccccc2n1CC(=O)NC1CCCCC1. The van der Waals surface area contributed by atoms with Gasteiger partial charge in [-0.1, -0.05) is 62.9 Å². The molecule has 4 nitrogen and oxygen atoms in total. The van der Waals surface area contributed by atoms with Crippen molar-refractivity contribution in [3.63, 3.8) is 0 Å². The molecule has 1 amide bonds. The van der Waals surface area contributed by atoms with Gasteiger partial charge in [0, 0.05) is 11.8 Å². The van der Waals surface area contributed by atoms with Gasteiger partial charge in [-0.3, -0.25) is 4.79 Å². The minimum atomic E-state index is 0.116. The molecule has 0 unspecified atom stereocenters. The zero-order chi connectivity index (χ0) is 17.5. The van der Waals surface area contributed by atoms with Crippen LogP contribution in [0.1, 0.15) is 58.3 Å². The number of benzene rings is 1. The molecule has 0 radical (unpaired) electrons. The van der Waals surface area contributed by atoms with Crippen LogP contribution in [-0.2, 0) is 11.3 Å². The van der Waals surface area contributed by atoms with E-state index in [2.05, 4.69) is 22.9 Å². The molecule has 0 spiro atoms. The summed E-state index contributed by atoms with van der Waals surface area (Å²) in [6.07, 6.45) is 9.67. The number of hydrogen-bond acceptors (Lipinski definition) is 3. The van der Waals surface area contributed by atoms with Crippen molar-refractivity contribution in [2.75, 3.05) is 5.75 Å². The van der Waals surface area contributed by atoms with E-state index in [0.717, 1.165) is 34.8 Å². The first-order valence-electron chi connectivity index (χ1n) is 9.65. The molecule has 5 heteroatoms. The molecule has 0 aliphatic heterocycles. The molecule has 136 valence electrons. The number of fused-ring (bicyclic) bond motifs is 1. The predicted molar refractivity (Wildman–Crippen MR) is 105 cm³/mol. The second-order valence-electron chi connectivity index (χ2n) is 6.93. The maximum atomic E-state index is 12.6. The van der Waals surface area contributed by atoms with Crippen LogP contribution in [0, 0.1) is 0 Å². The lowest BCUT2D eigenvalue weighted by Gasteiger charge is -2.23. The van der Waals surface area contributed by atoms with Gasteiger partial charge in [0.1, 0.15) is 6.54 Å². The standard InChI is InChI=1S/C20H29N3OS/c1-2-3-9-14-25-20-22-17-12-7-8-13-18(17)23(20)15-19(24)21-16-10-5-4-6-11-16/h7-8,12-13,16H,2-6,9-11,14-15H2,1H3,(H,21,24). The minimum Gasteiger partial charge on any atom is -0.352 e. The number of hydrogen-bond donors (Lipinski definition) is 1. The minimum absolute atomic E-state index is 0.116. The number of thioether (sulfide) groups is 1. The molecule has 1 saturated carbocycles. The summed E-state index contributed by atoms with van der Waals surface area (Å²) in [5, 5.41) is 4.20. The zero-order valence-corrected chi connectivity index (χ0v) is 16.0. The second kappa shape index (κ2) is 9.27. The molecular formula is C20H29N3OS. The second-order valence-corrected chi connectivity index (χ2v) is 7.99. The first-order valence-corrected chi connectivity index (χ1v) is 10.6. The zero-order valence-electron chi connectivity index (χ0n) is 15.2. The number of aromatic nitrogens is 2. The van der Waals surface area contributed by atoms with Gasteiger partial charge in [-0.2, -0.15) is 0 Å². The van der Waals surface area contributed by atoms with Gasteiger partial charge in [-0.25, -0.2) is 4.98 Å². The summed E-state index contributed by atoms with van der Waals surface area (Å²) in [7, 11) is 0. The van der Waals surface area contributed by atoms with E-state index in [-0.39, 0.29) is 5.91 Å². The fourth-order valence-electron chi connectivity index (χ4n) is 3.50. The summed E-state index contributed by atoms with van der Waals surface area (Å²) in [6.45, 7) is 2.59. The maximum Gasteiger partial charge on any atom is 0.240 e. The average molecular weight is 360 g/mol. The normalized spacial score (nSPS) is 15.6. The van der Waals surface area contributed by atoms with Crippen molar-refractivity contribution in [3.8, 4) is 0 Å². The number of unbranched alkanes of at least 4 members (excludes halogenated alkanes) is 2. The molecule has 1 aliphatic carbocycles. The number of imidazole rings is 1. The molecule has 1 aromatic heterocycles. The van der Waals surface area contributed by atoms with Gasteiger partial charge < -0.3 is 9.88 Å². The van der Waals surface area contributed by atoms with Crippen molar-refractivity contribution in [2.45, 2.75) is 76.0 Å². The van der Waals surface area contributed by atoms with Crippen LogP contribution < -0.4 is 5.32 Å². The number of nitrogens with one attached hydrogen (secondary N) is 1. The van der Waals surface area contributed by atoms with E-state index in [1.165, 1.54) is 38.5 Å². The summed E-state index contributed by atoms with van der Waals surface area (Å²) < 4.78 is 2.09. The number of amides is 1. The van der Waals surface area contributed by atoms with E-state index in [1.807, 2.05) is 18.2 Å². The topological polar surface area (TPSA) is 46.9 Å². The van der Waals surface area contributed by atoms with Crippen molar-refractivity contribution < 1.29 is 4.79 Å². The first kappa shape index (κ1) is 18.3. The molecule has 2 aromatic rings. The Morgan fingerprint density at radius 2 is 2.04 bits per heavy atom. The van der Waals surface area contributed by atoms with Gasteiger partial charge in [0.25, 0.3) is 0 Å². The van der Waals surface area contributed by atoms with E-state index < -0.39 is 0 Å². The predicted octanol–water partition coefficient (Wildman–Crippen LogP) is 4.77. The lowest BCUT2D eigenvalue weighted by Crippen LogP contribution is -2.38. The fraction of sp³-hybridized carbons (Fsp3) is 0.600. The Morgan fingerprint density at radius 3 is 2.84 bits per heavy atom. The highest BCUT2D eigenvalue weighted by atomic mass is 32.2. The van der Waals surface area contributed by atoms with Crippen LogP contribution in [-0.4, -0.2) is 27.3 Å². The highest BCUT2D eigenvalue weighted by Gasteiger charge is 2.18. The number of para-hydroxylation sites is 2. The van der Waals surface area contributed by atoms with Crippen LogP contribution in [0.5, 0.6) is 0 Å². The monoisotopic (exact) mass is 359 g/mol. The molecular weight excluding hydrogens is 330 g/mol. The highest BCUT2D eigenvalue weighted by molar-refractivity contribution is 7.99. The van der Waals surface area contributed by atoms with Gasteiger partial charge in [0.15, 0.2) is 5.16 Å². The van der Waals surface area contributed by atoms with E-state index in [4.69, 9.17) is 4.98 Å². The third kappa shape index (κ3) is 5.00. The molecule has 0 saturated heterocycles. The fourth-order valence-corrected chi connectivity index (χ4v) is 4.51. The number of rotatable bonds is 8. The van der Waals surface area contributed by atoms with E-state index in [9.17, 15) is 4.79 Å². The summed E-state index contributed by atoms with van der Waals surface area (Å²) in [6, 6.07) is 8.47. The number of carbonyl (C=O) groups excluding carboxylic acids is 1. The first-order chi connectivity index (χ1) is 12.3. The smallest absolute Gasteiger partial charge is 0.240 e. The number of carbonyl (C=O) groups is 1. The molecule has 1 aliphatic rings. The summed E-state index contributed by atoms with van der Waals surface area (Å²) in [4.78, 5) is 17.3.